The molecule has 23 heavy (non-hydrogen) atoms. The first-order valence-electron chi connectivity index (χ1n) is 7.49. The third kappa shape index (κ3) is 5.04. The van der Waals surface area contributed by atoms with Gasteiger partial charge in [-0.05, 0) is 25.5 Å². The number of aryl methyl sites for hydroxylation is 1. The van der Waals surface area contributed by atoms with Gasteiger partial charge in [-0.1, -0.05) is 17.7 Å². The summed E-state index contributed by atoms with van der Waals surface area (Å²) in [6, 6.07) is 6.53. The van der Waals surface area contributed by atoms with Gasteiger partial charge in [-0.25, -0.2) is 13.1 Å². The Morgan fingerprint density at radius 3 is 2.52 bits per heavy atom. The Morgan fingerprint density at radius 2 is 1.91 bits per heavy atom. The lowest BCUT2D eigenvalue weighted by atomic mass is 10.2. The molecule has 0 radical (unpaired) electrons. The van der Waals surface area contributed by atoms with Crippen molar-refractivity contribution in [2.45, 2.75) is 24.7 Å². The number of likely N-dealkylation sites (tertiary alicyclic amines) is 1. The van der Waals surface area contributed by atoms with Crippen LogP contribution in [0.25, 0.3) is 0 Å². The van der Waals surface area contributed by atoms with Crippen LogP contribution in [0.15, 0.2) is 29.2 Å². The van der Waals surface area contributed by atoms with Crippen molar-refractivity contribution in [2.75, 3.05) is 26.2 Å². The number of carbonyl (C=O) groups is 2. The minimum Gasteiger partial charge on any atom is -0.353 e. The third-order valence-electron chi connectivity index (χ3n) is 3.58. The van der Waals surface area contributed by atoms with Crippen LogP contribution in [-0.4, -0.2) is 51.3 Å². The smallest absolute Gasteiger partial charge is 0.240 e. The van der Waals surface area contributed by atoms with E-state index in [0.29, 0.717) is 13.0 Å². The first-order valence-corrected chi connectivity index (χ1v) is 8.97. The zero-order chi connectivity index (χ0) is 16.9. The van der Waals surface area contributed by atoms with Crippen molar-refractivity contribution in [1.29, 1.82) is 0 Å². The molecule has 2 rings (SSSR count). The van der Waals surface area contributed by atoms with Crippen LogP contribution in [0.5, 0.6) is 0 Å². The molecule has 1 heterocycles. The normalized spacial score (nSPS) is 15.0. The second kappa shape index (κ2) is 7.56. The van der Waals surface area contributed by atoms with E-state index in [1.165, 1.54) is 17.0 Å². The molecule has 0 unspecified atom stereocenters. The van der Waals surface area contributed by atoms with E-state index in [1.807, 2.05) is 6.92 Å². The lowest BCUT2D eigenvalue weighted by molar-refractivity contribution is -0.133. The SMILES string of the molecule is Cc1ccc(S(=O)(=O)NCCNC(=O)CN2CCCC2=O)cc1. The first kappa shape index (κ1) is 17.4. The number of hydrogen-bond donors (Lipinski definition) is 2. The summed E-state index contributed by atoms with van der Waals surface area (Å²) in [5.74, 6) is -0.296. The Bertz CT molecular complexity index is 670. The highest BCUT2D eigenvalue weighted by atomic mass is 32.2. The van der Waals surface area contributed by atoms with E-state index in [9.17, 15) is 18.0 Å². The number of rotatable bonds is 7. The number of amides is 2. The highest BCUT2D eigenvalue weighted by Gasteiger charge is 2.22. The van der Waals surface area contributed by atoms with Crippen LogP contribution in [0.1, 0.15) is 18.4 Å². The summed E-state index contributed by atoms with van der Waals surface area (Å²) in [5.41, 5.74) is 0.979. The number of benzene rings is 1. The quantitative estimate of drug-likeness (QED) is 0.684. The van der Waals surface area contributed by atoms with Crippen molar-refractivity contribution < 1.29 is 18.0 Å². The average molecular weight is 339 g/mol. The summed E-state index contributed by atoms with van der Waals surface area (Å²) in [4.78, 5) is 24.8. The molecule has 126 valence electrons. The molecule has 1 saturated heterocycles. The summed E-state index contributed by atoms with van der Waals surface area (Å²) >= 11 is 0. The van der Waals surface area contributed by atoms with Crippen LogP contribution >= 0.6 is 0 Å². The molecule has 1 aliphatic rings. The average Bonchev–Trinajstić information content (AvgIpc) is 2.89. The summed E-state index contributed by atoms with van der Waals surface area (Å²) in [7, 11) is -3.57. The molecule has 1 aliphatic heterocycles. The standard InChI is InChI=1S/C15H21N3O4S/c1-12-4-6-13(7-5-12)23(21,22)17-9-8-16-14(19)11-18-10-2-3-15(18)20/h4-7,17H,2-3,8-11H2,1H3,(H,16,19). The fraction of sp³-hybridized carbons (Fsp3) is 0.467. The van der Waals surface area contributed by atoms with Gasteiger partial charge in [-0.2, -0.15) is 0 Å². The van der Waals surface area contributed by atoms with Crippen LogP contribution in [-0.2, 0) is 19.6 Å². The molecular weight excluding hydrogens is 318 g/mol. The van der Waals surface area contributed by atoms with Crippen molar-refractivity contribution >= 4 is 21.8 Å². The molecule has 2 N–H and O–H groups in total. The highest BCUT2D eigenvalue weighted by Crippen LogP contribution is 2.09. The Kier molecular flexibility index (Phi) is 5.73. The van der Waals surface area contributed by atoms with E-state index in [4.69, 9.17) is 0 Å². The maximum Gasteiger partial charge on any atom is 0.240 e. The molecular formula is C15H21N3O4S. The van der Waals surface area contributed by atoms with Gasteiger partial charge in [0.1, 0.15) is 0 Å². The van der Waals surface area contributed by atoms with E-state index in [0.717, 1.165) is 12.0 Å². The molecule has 0 spiro atoms. The zero-order valence-corrected chi connectivity index (χ0v) is 13.9. The fourth-order valence-corrected chi connectivity index (χ4v) is 3.32. The minimum absolute atomic E-state index is 0.0137. The van der Waals surface area contributed by atoms with Gasteiger partial charge in [0, 0.05) is 26.1 Å². The highest BCUT2D eigenvalue weighted by molar-refractivity contribution is 7.89. The molecule has 1 aromatic carbocycles. The van der Waals surface area contributed by atoms with Gasteiger partial charge in [0.2, 0.25) is 21.8 Å². The molecule has 1 aromatic rings. The summed E-state index contributed by atoms with van der Waals surface area (Å²) in [6.45, 7) is 2.78. The van der Waals surface area contributed by atoms with E-state index >= 15 is 0 Å². The topological polar surface area (TPSA) is 95.6 Å². The Labute approximate surface area is 136 Å². The maximum absolute atomic E-state index is 12.0. The van der Waals surface area contributed by atoms with Crippen molar-refractivity contribution in [2.24, 2.45) is 0 Å². The lowest BCUT2D eigenvalue weighted by Gasteiger charge is -2.15. The molecule has 1 fully saturated rings. The van der Waals surface area contributed by atoms with Crippen LogP contribution in [0, 0.1) is 6.92 Å². The van der Waals surface area contributed by atoms with E-state index in [-0.39, 0.29) is 36.3 Å². The maximum atomic E-state index is 12.0. The van der Waals surface area contributed by atoms with E-state index in [1.54, 1.807) is 12.1 Å². The Hall–Kier alpha value is -1.93. The predicted molar refractivity (Wildman–Crippen MR) is 85.2 cm³/mol. The molecule has 7 nitrogen and oxygen atoms in total. The van der Waals surface area contributed by atoms with Gasteiger partial charge >= 0.3 is 0 Å². The molecule has 0 saturated carbocycles. The van der Waals surface area contributed by atoms with Gasteiger partial charge in [0.15, 0.2) is 0 Å². The summed E-state index contributed by atoms with van der Waals surface area (Å²) in [6.07, 6.45) is 1.27. The molecule has 0 aromatic heterocycles. The van der Waals surface area contributed by atoms with Crippen LogP contribution in [0.2, 0.25) is 0 Å². The number of sulfonamides is 1. The van der Waals surface area contributed by atoms with Crippen LogP contribution in [0.4, 0.5) is 0 Å². The number of nitrogens with zero attached hydrogens (tertiary/aromatic N) is 1. The van der Waals surface area contributed by atoms with Crippen molar-refractivity contribution in [1.82, 2.24) is 14.9 Å². The first-order chi connectivity index (χ1) is 10.9. The monoisotopic (exact) mass is 339 g/mol. The molecule has 0 aliphatic carbocycles. The van der Waals surface area contributed by atoms with Crippen molar-refractivity contribution in [3.05, 3.63) is 29.8 Å². The third-order valence-corrected chi connectivity index (χ3v) is 5.05. The zero-order valence-electron chi connectivity index (χ0n) is 13.0. The number of hydrogen-bond acceptors (Lipinski definition) is 4. The Morgan fingerprint density at radius 1 is 1.22 bits per heavy atom. The largest absolute Gasteiger partial charge is 0.353 e. The number of carbonyl (C=O) groups excluding carboxylic acids is 2. The Balaban J connectivity index is 1.73. The fourth-order valence-electron chi connectivity index (χ4n) is 2.29. The van der Waals surface area contributed by atoms with Crippen molar-refractivity contribution in [3.8, 4) is 0 Å². The molecule has 0 atom stereocenters. The molecule has 2 amide bonds. The second-order valence-corrected chi connectivity index (χ2v) is 7.25. The van der Waals surface area contributed by atoms with Gasteiger partial charge in [0.25, 0.3) is 0 Å². The van der Waals surface area contributed by atoms with Gasteiger partial charge in [0.05, 0.1) is 11.4 Å². The minimum atomic E-state index is -3.57. The van der Waals surface area contributed by atoms with E-state index < -0.39 is 10.0 Å². The van der Waals surface area contributed by atoms with Crippen LogP contribution in [0.3, 0.4) is 0 Å². The van der Waals surface area contributed by atoms with Gasteiger partial charge in [-0.3, -0.25) is 9.59 Å². The van der Waals surface area contributed by atoms with Gasteiger partial charge in [-0.15, -0.1) is 0 Å². The van der Waals surface area contributed by atoms with E-state index in [2.05, 4.69) is 10.0 Å². The van der Waals surface area contributed by atoms with Crippen LogP contribution < -0.4 is 10.0 Å². The number of nitrogens with one attached hydrogen (secondary N) is 2. The summed E-state index contributed by atoms with van der Waals surface area (Å²) in [5, 5.41) is 2.60. The van der Waals surface area contributed by atoms with Gasteiger partial charge < -0.3 is 10.2 Å². The molecule has 8 heteroatoms. The second-order valence-electron chi connectivity index (χ2n) is 5.48. The predicted octanol–water partition coefficient (Wildman–Crippen LogP) is 0.0119. The summed E-state index contributed by atoms with van der Waals surface area (Å²) < 4.78 is 26.5. The van der Waals surface area contributed by atoms with Crippen molar-refractivity contribution in [3.63, 3.8) is 0 Å². The lowest BCUT2D eigenvalue weighted by Crippen LogP contribution is -2.41. The molecule has 0 bridgehead atoms.